The van der Waals surface area contributed by atoms with E-state index < -0.39 is 0 Å². The van der Waals surface area contributed by atoms with Gasteiger partial charge in [0.2, 0.25) is 0 Å². The Hall–Kier alpha value is 0.0649. The molecule has 11 heavy (non-hydrogen) atoms. The predicted octanol–water partition coefficient (Wildman–Crippen LogP) is 4.40. The smallest absolute Gasteiger partial charge is 0.0922 e. The second-order valence-corrected chi connectivity index (χ2v) is 2.64. The van der Waals surface area contributed by atoms with Gasteiger partial charge in [-0.2, -0.15) is 0 Å². The van der Waals surface area contributed by atoms with Crippen LogP contribution in [0.25, 0.3) is 0 Å². The van der Waals surface area contributed by atoms with Crippen LogP contribution in [0.1, 0.15) is 53.4 Å². The zero-order chi connectivity index (χ0) is 9.54. The molecule has 1 radical (unpaired) electrons. The lowest BCUT2D eigenvalue weighted by molar-refractivity contribution is 0.772. The normalized spacial score (nSPS) is 6.73. The van der Waals surface area contributed by atoms with Gasteiger partial charge in [-0.25, -0.2) is 0 Å². The molecule has 0 unspecified atom stereocenters. The Kier molecular flexibility index (Phi) is 50.5. The molecule has 0 atom stereocenters. The van der Waals surface area contributed by atoms with Crippen LogP contribution in [-0.2, 0) is 0 Å². The number of hydrogen-bond acceptors (Lipinski definition) is 0. The molecule has 0 aliphatic heterocycles. The first-order valence-corrected chi connectivity index (χ1v) is 4.98. The molecule has 69 valence electrons. The average molecular weight is 157 g/mol. The van der Waals surface area contributed by atoms with Crippen LogP contribution in [0.2, 0.25) is 13.6 Å². The minimum absolute atomic E-state index is 1.25. The first kappa shape index (κ1) is 17.2. The van der Waals surface area contributed by atoms with Gasteiger partial charge in [0.15, 0.2) is 0 Å². The Morgan fingerprint density at radius 2 is 1.00 bits per heavy atom. The van der Waals surface area contributed by atoms with E-state index in [4.69, 9.17) is 0 Å². The zero-order valence-electron chi connectivity index (χ0n) is 9.41. The Labute approximate surface area is 75.0 Å². The monoisotopic (exact) mass is 157 g/mol. The molecule has 0 rings (SSSR count). The maximum atomic E-state index is 2.21. The lowest BCUT2D eigenvalue weighted by atomic mass is 9.88. The highest BCUT2D eigenvalue weighted by Gasteiger charge is 1.68. The van der Waals surface area contributed by atoms with Crippen molar-refractivity contribution in [3.05, 3.63) is 0 Å². The average Bonchev–Trinajstić information content (AvgIpc) is 1.92. The quantitative estimate of drug-likeness (QED) is 0.521. The molecule has 0 saturated heterocycles. The van der Waals surface area contributed by atoms with Gasteiger partial charge in [0.05, 0.1) is 0 Å². The van der Waals surface area contributed by atoms with E-state index in [0.717, 1.165) is 0 Å². The largest absolute Gasteiger partial charge is 0.102 e. The number of rotatable bonds is 2. The fourth-order valence-electron chi connectivity index (χ4n) is 0.354. The van der Waals surface area contributed by atoms with Crippen LogP contribution in [0.3, 0.4) is 0 Å². The Morgan fingerprint density at radius 1 is 0.818 bits per heavy atom. The summed E-state index contributed by atoms with van der Waals surface area (Å²) in [5.74, 6) is 0. The molecule has 1 heteroatoms. The molecular formula is C10H26B. The molecule has 0 fully saturated rings. The van der Waals surface area contributed by atoms with E-state index in [0.29, 0.717) is 0 Å². The van der Waals surface area contributed by atoms with E-state index >= 15 is 0 Å². The van der Waals surface area contributed by atoms with Crippen molar-refractivity contribution in [2.24, 2.45) is 0 Å². The maximum Gasteiger partial charge on any atom is 0.102 e. The molecule has 0 aromatic rings. The third-order valence-electron chi connectivity index (χ3n) is 0.707. The summed E-state index contributed by atoms with van der Waals surface area (Å²) in [6.45, 7) is 12.7. The molecule has 0 nitrogen and oxygen atoms in total. The lowest BCUT2D eigenvalue weighted by Gasteiger charge is -1.79. The zero-order valence-corrected chi connectivity index (χ0v) is 9.41. The molecule has 0 saturated carbocycles. The van der Waals surface area contributed by atoms with Crippen LogP contribution in [0.5, 0.6) is 0 Å². The minimum atomic E-state index is 1.25. The van der Waals surface area contributed by atoms with Crippen molar-refractivity contribution in [2.75, 3.05) is 0 Å². The van der Waals surface area contributed by atoms with Crippen molar-refractivity contribution in [3.63, 3.8) is 0 Å². The molecule has 0 heterocycles. The van der Waals surface area contributed by atoms with Gasteiger partial charge < -0.3 is 0 Å². The van der Waals surface area contributed by atoms with Gasteiger partial charge in [0, 0.05) is 0 Å². The van der Waals surface area contributed by atoms with Crippen LogP contribution in [0.15, 0.2) is 0 Å². The Morgan fingerprint density at radius 3 is 1.00 bits per heavy atom. The third kappa shape index (κ3) is 154. The van der Waals surface area contributed by atoms with E-state index in [1.807, 2.05) is 20.9 Å². The van der Waals surface area contributed by atoms with E-state index in [2.05, 4.69) is 27.7 Å². The minimum Gasteiger partial charge on any atom is -0.0922 e. The molecule has 0 aromatic carbocycles. The first-order valence-electron chi connectivity index (χ1n) is 4.98. The lowest BCUT2D eigenvalue weighted by Crippen LogP contribution is -1.59. The topological polar surface area (TPSA) is 0 Å². The van der Waals surface area contributed by atoms with Gasteiger partial charge >= 0.3 is 0 Å². The summed E-state index contributed by atoms with van der Waals surface area (Å²) >= 11 is 0. The highest BCUT2D eigenvalue weighted by Crippen LogP contribution is 1.88. The molecule has 0 bridgehead atoms. The van der Waals surface area contributed by atoms with Gasteiger partial charge in [-0.1, -0.05) is 67.0 Å². The highest BCUT2D eigenvalue weighted by atomic mass is 13.7. The summed E-state index contributed by atoms with van der Waals surface area (Å²) in [7, 11) is 2.00. The molecule has 0 aliphatic carbocycles. The SMILES string of the molecule is CCC.CCCCC.C[B]C. The summed E-state index contributed by atoms with van der Waals surface area (Å²) in [6, 6.07) is 0. The summed E-state index contributed by atoms with van der Waals surface area (Å²) in [5.41, 5.74) is 0. The standard InChI is InChI=1S/C5H12.C3H8.C2H6B/c1-3-5-4-2;2*1-3-2/h3-5H2,1-2H3;3H2,1-2H3;1-2H3. The number of hydrogen-bond donors (Lipinski definition) is 0. The fraction of sp³-hybridized carbons (Fsp3) is 1.00. The predicted molar refractivity (Wildman–Crippen MR) is 58.6 cm³/mol. The van der Waals surface area contributed by atoms with E-state index in [-0.39, 0.29) is 0 Å². The Balaban J connectivity index is -0.0000000933. The number of unbranched alkanes of at least 4 members (excludes halogenated alkanes) is 2. The second-order valence-electron chi connectivity index (χ2n) is 2.64. The van der Waals surface area contributed by atoms with Crippen molar-refractivity contribution in [3.8, 4) is 0 Å². The van der Waals surface area contributed by atoms with Crippen molar-refractivity contribution >= 4 is 7.28 Å². The molecule has 0 aliphatic rings. The molecule has 0 aromatic heterocycles. The first-order chi connectivity index (χ1) is 5.24. The summed E-state index contributed by atoms with van der Waals surface area (Å²) in [5, 5.41) is 0. The van der Waals surface area contributed by atoms with E-state index in [1.54, 1.807) is 0 Å². The van der Waals surface area contributed by atoms with Gasteiger partial charge in [-0.05, 0) is 0 Å². The van der Waals surface area contributed by atoms with E-state index in [1.165, 1.54) is 25.7 Å². The third-order valence-corrected chi connectivity index (χ3v) is 0.707. The van der Waals surface area contributed by atoms with Gasteiger partial charge in [-0.15, -0.1) is 0 Å². The van der Waals surface area contributed by atoms with Gasteiger partial charge in [0.1, 0.15) is 7.28 Å². The second kappa shape index (κ2) is 32.2. The summed E-state index contributed by atoms with van der Waals surface area (Å²) < 4.78 is 0. The highest BCUT2D eigenvalue weighted by molar-refractivity contribution is 6.31. The molecule has 0 spiro atoms. The molecular weight excluding hydrogens is 131 g/mol. The fourth-order valence-corrected chi connectivity index (χ4v) is 0.354. The molecule has 0 N–H and O–H groups in total. The maximum absolute atomic E-state index is 2.21. The van der Waals surface area contributed by atoms with Crippen molar-refractivity contribution in [1.29, 1.82) is 0 Å². The Bertz CT molecular complexity index is 24.1. The van der Waals surface area contributed by atoms with Crippen molar-refractivity contribution in [2.45, 2.75) is 67.0 Å². The van der Waals surface area contributed by atoms with Crippen molar-refractivity contribution in [1.82, 2.24) is 0 Å². The van der Waals surface area contributed by atoms with Crippen LogP contribution in [0, 0.1) is 0 Å². The van der Waals surface area contributed by atoms with Gasteiger partial charge in [0.25, 0.3) is 0 Å². The van der Waals surface area contributed by atoms with Crippen molar-refractivity contribution < 1.29 is 0 Å². The van der Waals surface area contributed by atoms with Crippen LogP contribution in [-0.4, -0.2) is 7.28 Å². The summed E-state index contributed by atoms with van der Waals surface area (Å²) in [6.07, 6.45) is 5.33. The van der Waals surface area contributed by atoms with Crippen LogP contribution >= 0.6 is 0 Å². The van der Waals surface area contributed by atoms with E-state index in [9.17, 15) is 0 Å². The van der Waals surface area contributed by atoms with Crippen LogP contribution < -0.4 is 0 Å². The summed E-state index contributed by atoms with van der Waals surface area (Å²) in [4.78, 5) is 0. The molecule has 0 amide bonds. The van der Waals surface area contributed by atoms with Crippen LogP contribution in [0.4, 0.5) is 0 Å². The van der Waals surface area contributed by atoms with Gasteiger partial charge in [-0.3, -0.25) is 0 Å².